The van der Waals surface area contributed by atoms with Crippen LogP contribution in [0, 0.1) is 6.92 Å². The van der Waals surface area contributed by atoms with E-state index in [4.69, 9.17) is 4.74 Å². The second-order valence-electron chi connectivity index (χ2n) is 3.52. The average Bonchev–Trinajstić information content (AvgIpc) is 2.44. The summed E-state index contributed by atoms with van der Waals surface area (Å²) >= 11 is 0. The van der Waals surface area contributed by atoms with Crippen LogP contribution >= 0.6 is 0 Å². The minimum Gasteiger partial charge on any atom is -0.466 e. The Labute approximate surface area is 89.8 Å². The zero-order valence-corrected chi connectivity index (χ0v) is 8.97. The third-order valence-corrected chi connectivity index (χ3v) is 2.43. The Hall–Kier alpha value is -1.83. The zero-order chi connectivity index (χ0) is 10.7. The van der Waals surface area contributed by atoms with Crippen molar-refractivity contribution in [2.24, 2.45) is 0 Å². The summed E-state index contributed by atoms with van der Waals surface area (Å²) in [5.74, 6) is 0. The summed E-state index contributed by atoms with van der Waals surface area (Å²) in [6.07, 6.45) is 7.24. The van der Waals surface area contributed by atoms with Gasteiger partial charge in [-0.15, -0.1) is 0 Å². The summed E-state index contributed by atoms with van der Waals surface area (Å²) in [5, 5.41) is 0. The van der Waals surface area contributed by atoms with Crippen LogP contribution in [0.15, 0.2) is 49.1 Å². The van der Waals surface area contributed by atoms with Crippen molar-refractivity contribution in [1.82, 2.24) is 0 Å². The molecule has 76 valence electrons. The lowest BCUT2D eigenvalue weighted by Gasteiger charge is -2.01. The van der Waals surface area contributed by atoms with Crippen molar-refractivity contribution in [2.45, 2.75) is 13.8 Å². The lowest BCUT2D eigenvalue weighted by molar-refractivity contribution is -0.361. The fourth-order valence-electron chi connectivity index (χ4n) is 1.58. The van der Waals surface area contributed by atoms with Crippen LogP contribution in [0.2, 0.25) is 0 Å². The van der Waals surface area contributed by atoms with Crippen LogP contribution in [0.4, 0.5) is 5.69 Å². The number of benzene rings is 1. The second-order valence-corrected chi connectivity index (χ2v) is 3.52. The normalized spacial score (nSPS) is 15.1. The Morgan fingerprint density at radius 2 is 1.87 bits per heavy atom. The second kappa shape index (κ2) is 4.13. The van der Waals surface area contributed by atoms with Crippen LogP contribution in [0.3, 0.4) is 0 Å². The van der Waals surface area contributed by atoms with Gasteiger partial charge in [-0.25, -0.2) is 0 Å². The number of para-hydroxylation sites is 1. The zero-order valence-electron chi connectivity index (χ0n) is 8.97. The molecule has 1 aliphatic rings. The van der Waals surface area contributed by atoms with E-state index in [1.807, 2.05) is 24.4 Å². The van der Waals surface area contributed by atoms with Gasteiger partial charge in [-0.3, -0.25) is 0 Å². The van der Waals surface area contributed by atoms with E-state index < -0.39 is 0 Å². The van der Waals surface area contributed by atoms with Gasteiger partial charge < -0.3 is 4.74 Å². The molecule has 1 heterocycles. The minimum absolute atomic E-state index is 1.14. The fraction of sp³-hybridized carbons (Fsp3) is 0.154. The molecule has 1 aromatic carbocycles. The number of nitrogens with zero attached hydrogens (tertiary/aromatic N) is 1. The Morgan fingerprint density at radius 3 is 2.67 bits per heavy atom. The number of hydrogen-bond donors (Lipinski definition) is 0. The summed E-state index contributed by atoms with van der Waals surface area (Å²) in [6, 6.07) is 8.29. The molecule has 0 saturated carbocycles. The summed E-state index contributed by atoms with van der Waals surface area (Å²) in [7, 11) is 0. The van der Waals surface area contributed by atoms with Crippen molar-refractivity contribution in [3.05, 3.63) is 54.6 Å². The van der Waals surface area contributed by atoms with E-state index in [0.29, 0.717) is 0 Å². The fourth-order valence-corrected chi connectivity index (χ4v) is 1.58. The van der Waals surface area contributed by atoms with Gasteiger partial charge in [0.1, 0.15) is 0 Å². The first-order valence-electron chi connectivity index (χ1n) is 4.96. The molecule has 0 bridgehead atoms. The van der Waals surface area contributed by atoms with Crippen molar-refractivity contribution in [3.8, 4) is 0 Å². The molecule has 0 amide bonds. The first-order chi connectivity index (χ1) is 7.29. The molecule has 0 unspecified atom stereocenters. The summed E-state index contributed by atoms with van der Waals surface area (Å²) in [6.45, 7) is 4.16. The Morgan fingerprint density at radius 1 is 1.07 bits per heavy atom. The third kappa shape index (κ3) is 1.99. The lowest BCUT2D eigenvalue weighted by Crippen LogP contribution is -2.06. The summed E-state index contributed by atoms with van der Waals surface area (Å²) in [5.41, 5.74) is 3.57. The predicted molar refractivity (Wildman–Crippen MR) is 61.1 cm³/mol. The largest absolute Gasteiger partial charge is 0.466 e. The van der Waals surface area contributed by atoms with E-state index in [1.54, 1.807) is 12.5 Å². The van der Waals surface area contributed by atoms with Crippen LogP contribution in [0.25, 0.3) is 0 Å². The van der Waals surface area contributed by atoms with Gasteiger partial charge in [0.2, 0.25) is 11.9 Å². The highest BCUT2D eigenvalue weighted by Gasteiger charge is 2.13. The van der Waals surface area contributed by atoms with Gasteiger partial charge >= 0.3 is 0 Å². The topological polar surface area (TPSA) is 12.2 Å². The number of allylic oxidation sites excluding steroid dienone is 1. The van der Waals surface area contributed by atoms with Gasteiger partial charge in [0.15, 0.2) is 12.0 Å². The first-order valence-corrected chi connectivity index (χ1v) is 4.96. The minimum atomic E-state index is 1.14. The Balaban J connectivity index is 2.55. The van der Waals surface area contributed by atoms with Gasteiger partial charge in [0, 0.05) is 24.6 Å². The molecule has 0 aromatic heterocycles. The number of rotatable bonds is 1. The molecule has 15 heavy (non-hydrogen) atoms. The number of aryl methyl sites for hydroxylation is 1. The molecule has 2 rings (SSSR count). The van der Waals surface area contributed by atoms with Crippen LogP contribution < -0.4 is 0 Å². The first kappa shape index (κ1) is 9.71. The molecule has 2 heteroatoms. The van der Waals surface area contributed by atoms with E-state index in [2.05, 4.69) is 30.6 Å². The molecule has 0 N–H and O–H groups in total. The quantitative estimate of drug-likeness (QED) is 0.634. The molecule has 0 spiro atoms. The van der Waals surface area contributed by atoms with Gasteiger partial charge in [0.25, 0.3) is 0 Å². The predicted octanol–water partition coefficient (Wildman–Crippen LogP) is 3.12. The molecule has 0 aliphatic carbocycles. The van der Waals surface area contributed by atoms with Crippen molar-refractivity contribution >= 4 is 11.4 Å². The van der Waals surface area contributed by atoms with Gasteiger partial charge in [-0.2, -0.15) is 4.58 Å². The smallest absolute Gasteiger partial charge is 0.213 e. The Kier molecular flexibility index (Phi) is 2.68. The molecular formula is C13H14NO+. The van der Waals surface area contributed by atoms with Gasteiger partial charge in [-0.05, 0) is 6.92 Å². The van der Waals surface area contributed by atoms with E-state index in [0.717, 1.165) is 5.71 Å². The number of hydrogen-bond acceptors (Lipinski definition) is 1. The maximum Gasteiger partial charge on any atom is 0.213 e. The van der Waals surface area contributed by atoms with Gasteiger partial charge in [-0.1, -0.05) is 18.2 Å². The molecule has 0 saturated heterocycles. The highest BCUT2D eigenvalue weighted by Crippen LogP contribution is 2.18. The molecule has 1 aliphatic heterocycles. The molecule has 0 fully saturated rings. The monoisotopic (exact) mass is 200 g/mol. The SMILES string of the molecule is CC1=[N+](c2ccccc2C)C=COC=C1. The van der Waals surface area contributed by atoms with Gasteiger partial charge in [0.05, 0.1) is 6.26 Å². The van der Waals surface area contributed by atoms with Crippen molar-refractivity contribution in [1.29, 1.82) is 0 Å². The average molecular weight is 200 g/mol. The number of ether oxygens (including phenoxy) is 1. The van der Waals surface area contributed by atoms with Crippen LogP contribution in [-0.2, 0) is 4.74 Å². The molecule has 1 aromatic rings. The summed E-state index contributed by atoms with van der Waals surface area (Å²) in [4.78, 5) is 0. The standard InChI is InChI=1S/C13H14NO/c1-11-5-3-4-6-13(11)14-8-10-15-9-7-12(14)2/h3-10H,1-2H3/q+1. The molecule has 2 nitrogen and oxygen atoms in total. The molecule has 0 atom stereocenters. The van der Waals surface area contributed by atoms with Crippen molar-refractivity contribution in [2.75, 3.05) is 0 Å². The lowest BCUT2D eigenvalue weighted by atomic mass is 10.2. The highest BCUT2D eigenvalue weighted by atomic mass is 16.5. The van der Waals surface area contributed by atoms with Crippen molar-refractivity contribution in [3.63, 3.8) is 0 Å². The maximum absolute atomic E-state index is 5.13. The van der Waals surface area contributed by atoms with E-state index in [1.165, 1.54) is 11.3 Å². The maximum atomic E-state index is 5.13. The Bertz CT molecular complexity index is 455. The third-order valence-electron chi connectivity index (χ3n) is 2.43. The van der Waals surface area contributed by atoms with Crippen LogP contribution in [0.1, 0.15) is 12.5 Å². The van der Waals surface area contributed by atoms with Crippen LogP contribution in [-0.4, -0.2) is 10.3 Å². The molecular weight excluding hydrogens is 186 g/mol. The van der Waals surface area contributed by atoms with E-state index in [9.17, 15) is 0 Å². The summed E-state index contributed by atoms with van der Waals surface area (Å²) < 4.78 is 7.24. The van der Waals surface area contributed by atoms with E-state index >= 15 is 0 Å². The van der Waals surface area contributed by atoms with E-state index in [-0.39, 0.29) is 0 Å². The van der Waals surface area contributed by atoms with Crippen LogP contribution in [0.5, 0.6) is 0 Å². The highest BCUT2D eigenvalue weighted by molar-refractivity contribution is 5.89. The van der Waals surface area contributed by atoms with Crippen molar-refractivity contribution < 1.29 is 9.31 Å². The molecule has 0 radical (unpaired) electrons.